The summed E-state index contributed by atoms with van der Waals surface area (Å²) in [5.41, 5.74) is 6.25. The van der Waals surface area contributed by atoms with Crippen LogP contribution >= 0.6 is 0 Å². The lowest BCUT2D eigenvalue weighted by molar-refractivity contribution is 0.339. The lowest BCUT2D eigenvalue weighted by Crippen LogP contribution is -1.94. The molecule has 0 radical (unpaired) electrons. The van der Waals surface area contributed by atoms with E-state index in [1.807, 2.05) is 31.2 Å². The Hall–Kier alpha value is -2.23. The highest BCUT2D eigenvalue weighted by atomic mass is 16.5. The van der Waals surface area contributed by atoms with Gasteiger partial charge < -0.3 is 15.2 Å². The van der Waals surface area contributed by atoms with Crippen molar-refractivity contribution >= 4 is 5.69 Å². The van der Waals surface area contributed by atoms with Crippen LogP contribution in [0.5, 0.6) is 17.4 Å². The summed E-state index contributed by atoms with van der Waals surface area (Å²) < 4.78 is 10.9. The van der Waals surface area contributed by atoms with E-state index in [0.29, 0.717) is 23.9 Å². The molecule has 0 aliphatic rings. The van der Waals surface area contributed by atoms with Gasteiger partial charge in [0.2, 0.25) is 5.88 Å². The summed E-state index contributed by atoms with van der Waals surface area (Å²) in [7, 11) is 0. The van der Waals surface area contributed by atoms with Crippen LogP contribution in [0, 0.1) is 0 Å². The normalized spacial score (nSPS) is 9.94. The topological polar surface area (TPSA) is 57.4 Å². The highest BCUT2D eigenvalue weighted by molar-refractivity contribution is 5.49. The standard InChI is InChI=1S/C13H14N2O2/c1-2-16-10-5-7-11(8-6-10)17-13-12(14)4-3-9-15-13/h3-9H,2,14H2,1H3. The van der Waals surface area contributed by atoms with Gasteiger partial charge in [0.15, 0.2) is 0 Å². The van der Waals surface area contributed by atoms with Crippen molar-refractivity contribution in [2.45, 2.75) is 6.92 Å². The molecular formula is C13H14N2O2. The predicted molar refractivity (Wildman–Crippen MR) is 66.3 cm³/mol. The van der Waals surface area contributed by atoms with Gasteiger partial charge in [-0.2, -0.15) is 0 Å². The van der Waals surface area contributed by atoms with E-state index in [2.05, 4.69) is 4.98 Å². The van der Waals surface area contributed by atoms with E-state index in [-0.39, 0.29) is 0 Å². The second-order valence-corrected chi connectivity index (χ2v) is 3.40. The van der Waals surface area contributed by atoms with E-state index in [1.165, 1.54) is 0 Å². The van der Waals surface area contributed by atoms with E-state index in [9.17, 15) is 0 Å². The van der Waals surface area contributed by atoms with E-state index < -0.39 is 0 Å². The lowest BCUT2D eigenvalue weighted by Gasteiger charge is -2.07. The molecule has 0 spiro atoms. The van der Waals surface area contributed by atoms with E-state index >= 15 is 0 Å². The molecule has 0 fully saturated rings. The van der Waals surface area contributed by atoms with Crippen LogP contribution in [0.1, 0.15) is 6.92 Å². The Morgan fingerprint density at radius 1 is 1.12 bits per heavy atom. The number of nitrogens with zero attached hydrogens (tertiary/aromatic N) is 1. The minimum absolute atomic E-state index is 0.414. The molecule has 1 heterocycles. The van der Waals surface area contributed by atoms with Crippen molar-refractivity contribution < 1.29 is 9.47 Å². The molecule has 2 N–H and O–H groups in total. The molecule has 1 aromatic carbocycles. The summed E-state index contributed by atoms with van der Waals surface area (Å²) in [6.45, 7) is 2.59. The fourth-order valence-electron chi connectivity index (χ4n) is 1.37. The highest BCUT2D eigenvalue weighted by Gasteiger charge is 2.02. The summed E-state index contributed by atoms with van der Waals surface area (Å²) in [6.07, 6.45) is 1.64. The molecule has 4 nitrogen and oxygen atoms in total. The van der Waals surface area contributed by atoms with Crippen LogP contribution in [0.25, 0.3) is 0 Å². The van der Waals surface area contributed by atoms with Gasteiger partial charge in [-0.3, -0.25) is 0 Å². The fraction of sp³-hybridized carbons (Fsp3) is 0.154. The highest BCUT2D eigenvalue weighted by Crippen LogP contribution is 2.25. The maximum atomic E-state index is 5.73. The van der Waals surface area contributed by atoms with E-state index in [0.717, 1.165) is 5.75 Å². The second kappa shape index (κ2) is 5.21. The van der Waals surface area contributed by atoms with Gasteiger partial charge in [-0.05, 0) is 43.3 Å². The maximum Gasteiger partial charge on any atom is 0.242 e. The van der Waals surface area contributed by atoms with Crippen LogP contribution in [0.2, 0.25) is 0 Å². The lowest BCUT2D eigenvalue weighted by atomic mass is 10.3. The van der Waals surface area contributed by atoms with Gasteiger partial charge in [-0.1, -0.05) is 0 Å². The Morgan fingerprint density at radius 2 is 1.82 bits per heavy atom. The van der Waals surface area contributed by atoms with E-state index in [1.54, 1.807) is 18.3 Å². The Morgan fingerprint density at radius 3 is 2.47 bits per heavy atom. The number of hydrogen-bond donors (Lipinski definition) is 1. The number of nitrogens with two attached hydrogens (primary N) is 1. The number of benzene rings is 1. The first kappa shape index (κ1) is 11.3. The minimum atomic E-state index is 0.414. The minimum Gasteiger partial charge on any atom is -0.494 e. The first-order valence-corrected chi connectivity index (χ1v) is 5.41. The first-order valence-electron chi connectivity index (χ1n) is 5.41. The van der Waals surface area contributed by atoms with Gasteiger partial charge in [0.05, 0.1) is 12.3 Å². The van der Waals surface area contributed by atoms with Crippen LogP contribution in [-0.2, 0) is 0 Å². The van der Waals surface area contributed by atoms with Crippen LogP contribution in [-0.4, -0.2) is 11.6 Å². The molecule has 4 heteroatoms. The summed E-state index contributed by atoms with van der Waals surface area (Å²) in [5, 5.41) is 0. The summed E-state index contributed by atoms with van der Waals surface area (Å²) in [4.78, 5) is 4.05. The molecule has 1 aromatic heterocycles. The smallest absolute Gasteiger partial charge is 0.242 e. The zero-order valence-electron chi connectivity index (χ0n) is 9.59. The second-order valence-electron chi connectivity index (χ2n) is 3.40. The SMILES string of the molecule is CCOc1ccc(Oc2ncccc2N)cc1. The van der Waals surface area contributed by atoms with Crippen molar-refractivity contribution in [2.75, 3.05) is 12.3 Å². The third-order valence-corrected chi connectivity index (χ3v) is 2.15. The molecule has 0 saturated carbocycles. The quantitative estimate of drug-likeness (QED) is 0.877. The van der Waals surface area contributed by atoms with Gasteiger partial charge in [0.1, 0.15) is 11.5 Å². The molecular weight excluding hydrogens is 216 g/mol. The van der Waals surface area contributed by atoms with E-state index in [4.69, 9.17) is 15.2 Å². The van der Waals surface area contributed by atoms with Crippen LogP contribution in [0.4, 0.5) is 5.69 Å². The maximum absolute atomic E-state index is 5.73. The number of pyridine rings is 1. The van der Waals surface area contributed by atoms with Crippen molar-refractivity contribution in [3.05, 3.63) is 42.6 Å². The molecule has 0 aliphatic carbocycles. The molecule has 0 saturated heterocycles. The molecule has 17 heavy (non-hydrogen) atoms. The van der Waals surface area contributed by atoms with Gasteiger partial charge in [-0.25, -0.2) is 4.98 Å². The molecule has 0 amide bonds. The monoisotopic (exact) mass is 230 g/mol. The van der Waals surface area contributed by atoms with Gasteiger partial charge in [0, 0.05) is 6.20 Å². The number of nitrogen functional groups attached to an aromatic ring is 1. The summed E-state index contributed by atoms with van der Waals surface area (Å²) in [6, 6.07) is 10.8. The molecule has 2 aromatic rings. The molecule has 0 aliphatic heterocycles. The largest absolute Gasteiger partial charge is 0.494 e. The van der Waals surface area contributed by atoms with Crippen molar-refractivity contribution in [3.63, 3.8) is 0 Å². The molecule has 2 rings (SSSR count). The van der Waals surface area contributed by atoms with Crippen LogP contribution in [0.3, 0.4) is 0 Å². The fourth-order valence-corrected chi connectivity index (χ4v) is 1.37. The number of aromatic nitrogens is 1. The van der Waals surface area contributed by atoms with Gasteiger partial charge in [0.25, 0.3) is 0 Å². The number of rotatable bonds is 4. The Balaban J connectivity index is 2.11. The van der Waals surface area contributed by atoms with Gasteiger partial charge in [-0.15, -0.1) is 0 Å². The van der Waals surface area contributed by atoms with Crippen molar-refractivity contribution in [3.8, 4) is 17.4 Å². The Bertz CT molecular complexity index is 483. The number of anilines is 1. The third kappa shape index (κ3) is 2.87. The third-order valence-electron chi connectivity index (χ3n) is 2.15. The van der Waals surface area contributed by atoms with Crippen LogP contribution < -0.4 is 15.2 Å². The zero-order valence-corrected chi connectivity index (χ0v) is 9.59. The molecule has 0 atom stereocenters. The Labute approximate surface area is 100 Å². The van der Waals surface area contributed by atoms with Gasteiger partial charge >= 0.3 is 0 Å². The predicted octanol–water partition coefficient (Wildman–Crippen LogP) is 2.85. The van der Waals surface area contributed by atoms with Crippen molar-refractivity contribution in [1.82, 2.24) is 4.98 Å². The average molecular weight is 230 g/mol. The first-order chi connectivity index (χ1) is 8.29. The molecule has 0 bridgehead atoms. The molecule has 0 unspecified atom stereocenters. The number of ether oxygens (including phenoxy) is 2. The van der Waals surface area contributed by atoms with Crippen LogP contribution in [0.15, 0.2) is 42.6 Å². The average Bonchev–Trinajstić information content (AvgIpc) is 2.35. The number of hydrogen-bond acceptors (Lipinski definition) is 4. The summed E-state index contributed by atoms with van der Waals surface area (Å²) >= 11 is 0. The zero-order chi connectivity index (χ0) is 12.1. The Kier molecular flexibility index (Phi) is 3.45. The summed E-state index contributed by atoms with van der Waals surface area (Å²) in [5.74, 6) is 1.91. The van der Waals surface area contributed by atoms with Crippen molar-refractivity contribution in [1.29, 1.82) is 0 Å². The van der Waals surface area contributed by atoms with Crippen molar-refractivity contribution in [2.24, 2.45) is 0 Å². The molecule has 88 valence electrons.